The second-order valence-corrected chi connectivity index (χ2v) is 2.36. The van der Waals surface area contributed by atoms with Crippen molar-refractivity contribution in [3.63, 3.8) is 0 Å². The van der Waals surface area contributed by atoms with E-state index in [1.54, 1.807) is 0 Å². The standard InChI is InChI=1S/C7H8FNO/c1-3-7(8)5-4-6(10)9(7)2/h1H,4-5H2,2H3. The number of likely N-dealkylation sites (tertiary alicyclic amines) is 1. The van der Waals surface area contributed by atoms with Gasteiger partial charge in [0, 0.05) is 19.9 Å². The highest BCUT2D eigenvalue weighted by atomic mass is 19.1. The Morgan fingerprint density at radius 3 is 2.70 bits per heavy atom. The van der Waals surface area contributed by atoms with Crippen LogP contribution in [0.1, 0.15) is 12.8 Å². The van der Waals surface area contributed by atoms with E-state index in [0.717, 1.165) is 4.90 Å². The normalized spacial score (nSPS) is 32.5. The Morgan fingerprint density at radius 1 is 1.90 bits per heavy atom. The van der Waals surface area contributed by atoms with Crippen LogP contribution < -0.4 is 0 Å². The fourth-order valence-corrected chi connectivity index (χ4v) is 0.975. The zero-order valence-corrected chi connectivity index (χ0v) is 5.72. The molecule has 1 heterocycles. The van der Waals surface area contributed by atoms with Gasteiger partial charge in [0.2, 0.25) is 11.7 Å². The number of carbonyl (C=O) groups is 1. The molecule has 1 aliphatic heterocycles. The SMILES string of the molecule is C#CC1(F)CCC(=O)N1C. The van der Waals surface area contributed by atoms with Crippen LogP contribution >= 0.6 is 0 Å². The molecule has 0 radical (unpaired) electrons. The van der Waals surface area contributed by atoms with Gasteiger partial charge in [-0.2, -0.15) is 0 Å². The van der Waals surface area contributed by atoms with Crippen LogP contribution in [0.4, 0.5) is 4.39 Å². The number of rotatable bonds is 0. The van der Waals surface area contributed by atoms with E-state index in [2.05, 4.69) is 0 Å². The van der Waals surface area contributed by atoms with E-state index in [1.165, 1.54) is 7.05 Å². The minimum Gasteiger partial charge on any atom is -0.303 e. The first-order valence-electron chi connectivity index (χ1n) is 3.03. The van der Waals surface area contributed by atoms with Crippen molar-refractivity contribution in [2.45, 2.75) is 18.6 Å². The molecule has 10 heavy (non-hydrogen) atoms. The van der Waals surface area contributed by atoms with Crippen molar-refractivity contribution in [1.29, 1.82) is 0 Å². The van der Waals surface area contributed by atoms with Gasteiger partial charge in [0.15, 0.2) is 0 Å². The maximum absolute atomic E-state index is 13.2. The first-order chi connectivity index (χ1) is 4.60. The Bertz CT molecular complexity index is 208. The van der Waals surface area contributed by atoms with Gasteiger partial charge in [-0.05, 0) is 5.92 Å². The third-order valence-corrected chi connectivity index (χ3v) is 1.80. The van der Waals surface area contributed by atoms with Gasteiger partial charge >= 0.3 is 0 Å². The van der Waals surface area contributed by atoms with Crippen molar-refractivity contribution >= 4 is 5.91 Å². The number of halogens is 1. The minimum absolute atomic E-state index is 0.124. The lowest BCUT2D eigenvalue weighted by molar-refractivity contribution is -0.131. The number of amides is 1. The van der Waals surface area contributed by atoms with Crippen LogP contribution in [0.15, 0.2) is 0 Å². The van der Waals surface area contributed by atoms with E-state index < -0.39 is 5.79 Å². The Kier molecular flexibility index (Phi) is 1.40. The van der Waals surface area contributed by atoms with Crippen molar-refractivity contribution < 1.29 is 9.18 Å². The Morgan fingerprint density at radius 2 is 2.50 bits per heavy atom. The number of carbonyl (C=O) groups excluding carboxylic acids is 1. The number of alkyl halides is 1. The summed E-state index contributed by atoms with van der Waals surface area (Å²) in [4.78, 5) is 11.7. The molecular weight excluding hydrogens is 133 g/mol. The second-order valence-electron chi connectivity index (χ2n) is 2.36. The summed E-state index contributed by atoms with van der Waals surface area (Å²) in [6.07, 6.45) is 5.25. The molecule has 2 nitrogen and oxygen atoms in total. The van der Waals surface area contributed by atoms with Crippen LogP contribution in [0.3, 0.4) is 0 Å². The quantitative estimate of drug-likeness (QED) is 0.356. The first-order valence-corrected chi connectivity index (χ1v) is 3.03. The molecule has 0 aromatic carbocycles. The molecule has 0 N–H and O–H groups in total. The Hall–Kier alpha value is -1.04. The van der Waals surface area contributed by atoms with Crippen LogP contribution in [-0.2, 0) is 4.79 Å². The van der Waals surface area contributed by atoms with Gasteiger partial charge in [0.1, 0.15) is 0 Å². The predicted molar refractivity (Wildman–Crippen MR) is 34.7 cm³/mol. The molecule has 1 saturated heterocycles. The molecule has 1 unspecified atom stereocenters. The molecule has 1 aliphatic rings. The van der Waals surface area contributed by atoms with Crippen LogP contribution in [0, 0.1) is 12.3 Å². The molecule has 1 atom stereocenters. The van der Waals surface area contributed by atoms with Crippen molar-refractivity contribution in [1.82, 2.24) is 4.90 Å². The third kappa shape index (κ3) is 0.766. The Labute approximate surface area is 59.0 Å². The number of nitrogens with zero attached hydrogens (tertiary/aromatic N) is 1. The van der Waals surface area contributed by atoms with Gasteiger partial charge in [-0.15, -0.1) is 6.42 Å². The lowest BCUT2D eigenvalue weighted by Crippen LogP contribution is -2.37. The molecule has 3 heteroatoms. The highest BCUT2D eigenvalue weighted by Gasteiger charge is 2.41. The van der Waals surface area contributed by atoms with Gasteiger partial charge in [0.25, 0.3) is 0 Å². The summed E-state index contributed by atoms with van der Waals surface area (Å²) in [7, 11) is 1.38. The van der Waals surface area contributed by atoms with Crippen LogP contribution in [0.5, 0.6) is 0 Å². The first kappa shape index (κ1) is 7.07. The number of hydrogen-bond donors (Lipinski definition) is 0. The minimum atomic E-state index is -1.82. The fourth-order valence-electron chi connectivity index (χ4n) is 0.975. The smallest absolute Gasteiger partial charge is 0.246 e. The lowest BCUT2D eigenvalue weighted by atomic mass is 10.2. The molecule has 1 rings (SSSR count). The lowest BCUT2D eigenvalue weighted by Gasteiger charge is -2.21. The molecular formula is C7H8FNO. The van der Waals surface area contributed by atoms with Crippen LogP contribution in [0.2, 0.25) is 0 Å². The van der Waals surface area contributed by atoms with E-state index in [-0.39, 0.29) is 18.7 Å². The van der Waals surface area contributed by atoms with E-state index in [4.69, 9.17) is 6.42 Å². The zero-order chi connectivity index (χ0) is 7.78. The van der Waals surface area contributed by atoms with Gasteiger partial charge in [-0.1, -0.05) is 0 Å². The van der Waals surface area contributed by atoms with Crippen molar-refractivity contribution in [3.05, 3.63) is 0 Å². The summed E-state index contributed by atoms with van der Waals surface area (Å²) in [5.41, 5.74) is 0. The highest BCUT2D eigenvalue weighted by Crippen LogP contribution is 2.28. The van der Waals surface area contributed by atoms with E-state index in [9.17, 15) is 9.18 Å². The van der Waals surface area contributed by atoms with Gasteiger partial charge in [0.05, 0.1) is 0 Å². The topological polar surface area (TPSA) is 20.3 Å². The van der Waals surface area contributed by atoms with E-state index in [1.807, 2.05) is 5.92 Å². The monoisotopic (exact) mass is 141 g/mol. The third-order valence-electron chi connectivity index (χ3n) is 1.80. The molecule has 0 spiro atoms. The summed E-state index contributed by atoms with van der Waals surface area (Å²) in [6.45, 7) is 0. The largest absolute Gasteiger partial charge is 0.303 e. The van der Waals surface area contributed by atoms with Crippen molar-refractivity contribution in [2.75, 3.05) is 7.05 Å². The van der Waals surface area contributed by atoms with Crippen LogP contribution in [-0.4, -0.2) is 23.6 Å². The van der Waals surface area contributed by atoms with Gasteiger partial charge < -0.3 is 4.90 Å². The van der Waals surface area contributed by atoms with Gasteiger partial charge in [-0.25, -0.2) is 4.39 Å². The summed E-state index contributed by atoms with van der Waals surface area (Å²) < 4.78 is 13.2. The molecule has 0 saturated carbocycles. The number of terminal acetylenes is 1. The summed E-state index contributed by atoms with van der Waals surface area (Å²) in [5, 5.41) is 0. The molecule has 1 amide bonds. The summed E-state index contributed by atoms with van der Waals surface area (Å²) >= 11 is 0. The van der Waals surface area contributed by atoms with E-state index >= 15 is 0 Å². The molecule has 0 aromatic rings. The van der Waals surface area contributed by atoms with Crippen molar-refractivity contribution in [2.24, 2.45) is 0 Å². The fraction of sp³-hybridized carbons (Fsp3) is 0.571. The maximum Gasteiger partial charge on any atom is 0.246 e. The maximum atomic E-state index is 13.2. The second kappa shape index (κ2) is 1.98. The molecule has 1 fully saturated rings. The Balaban J connectivity index is 2.86. The average Bonchev–Trinajstić information content (AvgIpc) is 2.19. The van der Waals surface area contributed by atoms with E-state index in [0.29, 0.717) is 0 Å². The van der Waals surface area contributed by atoms with Crippen molar-refractivity contribution in [3.8, 4) is 12.3 Å². The van der Waals surface area contributed by atoms with Gasteiger partial charge in [-0.3, -0.25) is 4.79 Å². The molecule has 54 valence electrons. The molecule has 0 bridgehead atoms. The molecule has 0 aromatic heterocycles. The molecule has 0 aliphatic carbocycles. The number of hydrogen-bond acceptors (Lipinski definition) is 1. The predicted octanol–water partition coefficient (Wildman–Crippen LogP) is 0.538. The zero-order valence-electron chi connectivity index (χ0n) is 5.72. The summed E-state index contributed by atoms with van der Waals surface area (Å²) in [6, 6.07) is 0. The summed E-state index contributed by atoms with van der Waals surface area (Å²) in [5.74, 6) is -0.0853. The average molecular weight is 141 g/mol. The van der Waals surface area contributed by atoms with Crippen LogP contribution in [0.25, 0.3) is 0 Å². The highest BCUT2D eigenvalue weighted by molar-refractivity contribution is 5.79.